The van der Waals surface area contributed by atoms with Crippen molar-refractivity contribution in [2.75, 3.05) is 0 Å². The van der Waals surface area contributed by atoms with E-state index in [-0.39, 0.29) is 5.91 Å². The van der Waals surface area contributed by atoms with E-state index in [9.17, 15) is 4.79 Å². The highest BCUT2D eigenvalue weighted by Crippen LogP contribution is 2.24. The summed E-state index contributed by atoms with van der Waals surface area (Å²) in [4.78, 5) is 11.1. The van der Waals surface area contributed by atoms with Crippen LogP contribution < -0.4 is 5.32 Å². The summed E-state index contributed by atoms with van der Waals surface area (Å²) in [6.07, 6.45) is 5.18. The first kappa shape index (κ1) is 9.07. The summed E-state index contributed by atoms with van der Waals surface area (Å²) < 4.78 is 0. The fourth-order valence-electron chi connectivity index (χ4n) is 1.09. The monoisotopic (exact) mass is 183 g/mol. The Balaban J connectivity index is 3.04. The van der Waals surface area contributed by atoms with E-state index in [0.29, 0.717) is 0 Å². The van der Waals surface area contributed by atoms with E-state index in [2.05, 4.69) is 11.9 Å². The van der Waals surface area contributed by atoms with E-state index in [0.717, 1.165) is 11.3 Å². The van der Waals surface area contributed by atoms with Gasteiger partial charge in [-0.2, -0.15) is 0 Å². The summed E-state index contributed by atoms with van der Waals surface area (Å²) in [7, 11) is 0. The predicted octanol–water partition coefficient (Wildman–Crippen LogP) is 1.74. The molecule has 1 saturated heterocycles. The Morgan fingerprint density at radius 1 is 1.67 bits per heavy atom. The molecule has 1 heterocycles. The average Bonchev–Trinajstić information content (AvgIpc) is 2.33. The number of carbonyl (C=O) groups excluding carboxylic acids is 1. The van der Waals surface area contributed by atoms with Gasteiger partial charge in [0.05, 0.1) is 0 Å². The lowest BCUT2D eigenvalue weighted by molar-refractivity contribution is -0.118. The van der Waals surface area contributed by atoms with Crippen molar-refractivity contribution in [3.8, 4) is 0 Å². The zero-order valence-electron chi connectivity index (χ0n) is 6.80. The fraction of sp³-hybridized carbons (Fsp3) is 0.222. The second kappa shape index (κ2) is 3.59. The minimum absolute atomic E-state index is 0.169. The van der Waals surface area contributed by atoms with Crippen molar-refractivity contribution in [1.82, 2.24) is 5.32 Å². The number of halogens is 1. The third-order valence-electron chi connectivity index (χ3n) is 1.66. The Morgan fingerprint density at radius 3 is 2.83 bits per heavy atom. The zero-order chi connectivity index (χ0) is 9.14. The fourth-order valence-corrected chi connectivity index (χ4v) is 1.33. The summed E-state index contributed by atoms with van der Waals surface area (Å²) in [6, 6.07) is 0. The minimum atomic E-state index is -0.575. The molecular weight excluding hydrogens is 174 g/mol. The molecule has 1 N–H and O–H groups in total. The highest BCUT2D eigenvalue weighted by molar-refractivity contribution is 6.34. The molecule has 0 aromatic rings. The van der Waals surface area contributed by atoms with Gasteiger partial charge in [0, 0.05) is 11.3 Å². The smallest absolute Gasteiger partial charge is 0.247 e. The maximum atomic E-state index is 11.1. The van der Waals surface area contributed by atoms with Gasteiger partial charge >= 0.3 is 0 Å². The first-order valence-corrected chi connectivity index (χ1v) is 4.08. The zero-order valence-corrected chi connectivity index (χ0v) is 7.56. The third-order valence-corrected chi connectivity index (χ3v) is 2.09. The lowest BCUT2D eigenvalue weighted by Gasteiger charge is -1.97. The van der Waals surface area contributed by atoms with Crippen molar-refractivity contribution in [2.24, 2.45) is 0 Å². The van der Waals surface area contributed by atoms with Gasteiger partial charge in [-0.25, -0.2) is 0 Å². The standard InChI is InChI=1S/C9H10ClNO/c1-3-5-6-7(4-2)11-9(12)8(6)10/h3-5,8H,1H2,2H3,(H,11,12)/b6-5+,7-4+. The van der Waals surface area contributed by atoms with Crippen molar-refractivity contribution < 1.29 is 4.79 Å². The third kappa shape index (κ3) is 1.43. The number of alkyl halides is 1. The SMILES string of the molecule is C=C/C=C1\C(=C/C)NC(=O)C1Cl. The van der Waals surface area contributed by atoms with Crippen LogP contribution >= 0.6 is 11.6 Å². The molecule has 0 radical (unpaired) electrons. The number of hydrogen-bond donors (Lipinski definition) is 1. The van der Waals surface area contributed by atoms with Crippen LogP contribution in [0.5, 0.6) is 0 Å². The molecule has 0 bridgehead atoms. The molecule has 0 saturated carbocycles. The molecule has 1 amide bonds. The highest BCUT2D eigenvalue weighted by atomic mass is 35.5. The van der Waals surface area contributed by atoms with E-state index in [1.165, 1.54) is 0 Å². The van der Waals surface area contributed by atoms with Gasteiger partial charge in [0.1, 0.15) is 5.38 Å². The first-order chi connectivity index (χ1) is 5.70. The summed E-state index contributed by atoms with van der Waals surface area (Å²) in [5.41, 5.74) is 1.57. The molecule has 1 aliphatic rings. The van der Waals surface area contributed by atoms with Gasteiger partial charge in [-0.15, -0.1) is 11.6 Å². The van der Waals surface area contributed by atoms with Crippen molar-refractivity contribution in [3.63, 3.8) is 0 Å². The quantitative estimate of drug-likeness (QED) is 0.617. The van der Waals surface area contributed by atoms with Crippen LogP contribution in [0.25, 0.3) is 0 Å². The van der Waals surface area contributed by atoms with Crippen LogP contribution in [0.2, 0.25) is 0 Å². The average molecular weight is 184 g/mol. The lowest BCUT2D eigenvalue weighted by Crippen LogP contribution is -2.18. The summed E-state index contributed by atoms with van der Waals surface area (Å²) in [5, 5.41) is 2.09. The Kier molecular flexibility index (Phi) is 2.71. The molecule has 0 aromatic heterocycles. The molecule has 0 aliphatic carbocycles. The van der Waals surface area contributed by atoms with E-state index in [1.54, 1.807) is 12.2 Å². The molecule has 1 unspecified atom stereocenters. The second-order valence-corrected chi connectivity index (χ2v) is 2.85. The predicted molar refractivity (Wildman–Crippen MR) is 49.8 cm³/mol. The Bertz CT molecular complexity index is 278. The number of rotatable bonds is 1. The van der Waals surface area contributed by atoms with E-state index < -0.39 is 5.38 Å². The minimum Gasteiger partial charge on any atom is -0.324 e. The number of nitrogens with one attached hydrogen (secondary N) is 1. The van der Waals surface area contributed by atoms with Crippen molar-refractivity contribution >= 4 is 17.5 Å². The normalized spacial score (nSPS) is 29.5. The maximum absolute atomic E-state index is 11.1. The maximum Gasteiger partial charge on any atom is 0.247 e. The molecule has 0 aromatic carbocycles. The molecule has 1 atom stereocenters. The summed E-state index contributed by atoms with van der Waals surface area (Å²) in [6.45, 7) is 5.40. The second-order valence-electron chi connectivity index (χ2n) is 2.41. The number of carbonyl (C=O) groups is 1. The number of allylic oxidation sites excluding steroid dienone is 4. The first-order valence-electron chi connectivity index (χ1n) is 3.65. The van der Waals surface area contributed by atoms with Crippen LogP contribution in [0, 0.1) is 0 Å². The molecule has 2 nitrogen and oxygen atoms in total. The van der Waals surface area contributed by atoms with Crippen molar-refractivity contribution in [1.29, 1.82) is 0 Å². The van der Waals surface area contributed by atoms with Gasteiger partial charge in [0.15, 0.2) is 0 Å². The van der Waals surface area contributed by atoms with E-state index in [1.807, 2.05) is 13.0 Å². The van der Waals surface area contributed by atoms with Crippen LogP contribution in [-0.2, 0) is 4.79 Å². The van der Waals surface area contributed by atoms with Gasteiger partial charge in [-0.05, 0) is 6.92 Å². The van der Waals surface area contributed by atoms with Gasteiger partial charge in [-0.3, -0.25) is 4.79 Å². The van der Waals surface area contributed by atoms with Crippen LogP contribution in [0.15, 0.2) is 36.1 Å². The molecule has 12 heavy (non-hydrogen) atoms. The molecule has 64 valence electrons. The molecule has 0 spiro atoms. The number of amides is 1. The number of hydrogen-bond acceptors (Lipinski definition) is 1. The van der Waals surface area contributed by atoms with E-state index in [4.69, 9.17) is 11.6 Å². The highest BCUT2D eigenvalue weighted by Gasteiger charge is 2.30. The summed E-state index contributed by atoms with van der Waals surface area (Å²) in [5.74, 6) is -0.169. The van der Waals surface area contributed by atoms with Crippen LogP contribution in [0.3, 0.4) is 0 Å². The summed E-state index contributed by atoms with van der Waals surface area (Å²) >= 11 is 5.81. The molecule has 1 fully saturated rings. The molecule has 1 aliphatic heterocycles. The molecular formula is C9H10ClNO. The van der Waals surface area contributed by atoms with Gasteiger partial charge in [0.25, 0.3) is 0 Å². The van der Waals surface area contributed by atoms with Crippen LogP contribution in [0.4, 0.5) is 0 Å². The lowest BCUT2D eigenvalue weighted by atomic mass is 10.1. The molecule has 1 rings (SSSR count). The van der Waals surface area contributed by atoms with Gasteiger partial charge < -0.3 is 5.32 Å². The largest absolute Gasteiger partial charge is 0.324 e. The Hall–Kier alpha value is -1.02. The van der Waals surface area contributed by atoms with Gasteiger partial charge in [-0.1, -0.05) is 24.8 Å². The van der Waals surface area contributed by atoms with Crippen LogP contribution in [0.1, 0.15) is 6.92 Å². The van der Waals surface area contributed by atoms with E-state index >= 15 is 0 Å². The molecule has 3 heteroatoms. The topological polar surface area (TPSA) is 29.1 Å². The Labute approximate surface area is 76.6 Å². The van der Waals surface area contributed by atoms with Gasteiger partial charge in [0.2, 0.25) is 5.91 Å². The van der Waals surface area contributed by atoms with Crippen molar-refractivity contribution in [3.05, 3.63) is 36.1 Å². The van der Waals surface area contributed by atoms with Crippen molar-refractivity contribution in [2.45, 2.75) is 12.3 Å². The van der Waals surface area contributed by atoms with Crippen LogP contribution in [-0.4, -0.2) is 11.3 Å². The Morgan fingerprint density at radius 2 is 2.33 bits per heavy atom.